The third kappa shape index (κ3) is 4.87. The molecule has 0 radical (unpaired) electrons. The molecule has 3 aliphatic rings. The van der Waals surface area contributed by atoms with Crippen molar-refractivity contribution in [1.29, 1.82) is 0 Å². The summed E-state index contributed by atoms with van der Waals surface area (Å²) >= 11 is 0. The molecule has 2 N–H and O–H groups in total. The predicted molar refractivity (Wildman–Crippen MR) is 117 cm³/mol. The summed E-state index contributed by atoms with van der Waals surface area (Å²) in [6.45, 7) is 9.25. The summed E-state index contributed by atoms with van der Waals surface area (Å²) in [5, 5.41) is 14.0. The van der Waals surface area contributed by atoms with Crippen LogP contribution in [-0.4, -0.2) is 47.3 Å². The Hall–Kier alpha value is -1.16. The second-order valence-electron chi connectivity index (χ2n) is 10.3. The van der Waals surface area contributed by atoms with E-state index in [9.17, 15) is 5.11 Å². The van der Waals surface area contributed by atoms with Crippen LogP contribution in [0.15, 0.2) is 35.9 Å². The van der Waals surface area contributed by atoms with E-state index in [1.165, 1.54) is 37.7 Å². The van der Waals surface area contributed by atoms with E-state index in [0.29, 0.717) is 11.5 Å². The fourth-order valence-corrected chi connectivity index (χ4v) is 5.57. The number of likely N-dealkylation sites (tertiary alicyclic amines) is 1. The van der Waals surface area contributed by atoms with Crippen molar-refractivity contribution in [2.45, 2.75) is 77.0 Å². The van der Waals surface area contributed by atoms with Gasteiger partial charge in [-0.2, -0.15) is 0 Å². The molecule has 4 rings (SSSR count). The summed E-state index contributed by atoms with van der Waals surface area (Å²) in [6, 6.07) is 12.2. The van der Waals surface area contributed by atoms with Crippen molar-refractivity contribution < 1.29 is 5.11 Å². The Kier molecular flexibility index (Phi) is 5.70. The van der Waals surface area contributed by atoms with Gasteiger partial charge >= 0.3 is 0 Å². The fraction of sp³-hybridized carbons (Fsp3) is 0.680. The number of benzene rings is 1. The molecule has 28 heavy (non-hydrogen) atoms. The van der Waals surface area contributed by atoms with Crippen LogP contribution in [0.4, 0.5) is 0 Å². The molecule has 2 saturated carbocycles. The van der Waals surface area contributed by atoms with Gasteiger partial charge in [-0.25, -0.2) is 0 Å². The molecule has 1 aromatic rings. The molecule has 2 aliphatic carbocycles. The lowest BCUT2D eigenvalue weighted by atomic mass is 9.60. The van der Waals surface area contributed by atoms with Gasteiger partial charge in [0.05, 0.1) is 5.60 Å². The Bertz CT molecular complexity index is 674. The van der Waals surface area contributed by atoms with Gasteiger partial charge < -0.3 is 15.3 Å². The van der Waals surface area contributed by atoms with Gasteiger partial charge in [-0.3, -0.25) is 0 Å². The first-order valence-corrected chi connectivity index (χ1v) is 11.3. The van der Waals surface area contributed by atoms with Gasteiger partial charge in [-0.05, 0) is 82.4 Å². The molecule has 1 spiro atoms. The summed E-state index contributed by atoms with van der Waals surface area (Å²) in [5.41, 5.74) is 2.97. The second-order valence-corrected chi connectivity index (χ2v) is 10.3. The third-order valence-corrected chi connectivity index (χ3v) is 7.16. The standard InChI is InChI=1S/C25H38N2O/c1-4-20(14-19-8-6-5-7-9-19)22-15-23(22)26-21-16-25(17-21)10-12-27(13-11-25)18-24(2,3)28/h5-9,14,21-23,26,28H,4,10-13,15-18H2,1-3H3/b20-14+/t22-,23+/m0/s1. The van der Waals surface area contributed by atoms with Crippen molar-refractivity contribution in [2.24, 2.45) is 11.3 Å². The molecule has 2 atom stereocenters. The first kappa shape index (κ1) is 20.1. The van der Waals surface area contributed by atoms with E-state index in [-0.39, 0.29) is 0 Å². The molecule has 1 saturated heterocycles. The van der Waals surface area contributed by atoms with Gasteiger partial charge in [-0.1, -0.05) is 48.9 Å². The van der Waals surface area contributed by atoms with E-state index in [1.54, 1.807) is 5.57 Å². The lowest BCUT2D eigenvalue weighted by Gasteiger charge is -2.53. The Labute approximate surface area is 171 Å². The zero-order chi connectivity index (χ0) is 19.8. The van der Waals surface area contributed by atoms with Crippen LogP contribution in [0.25, 0.3) is 6.08 Å². The number of hydrogen-bond donors (Lipinski definition) is 2. The smallest absolute Gasteiger partial charge is 0.0718 e. The highest BCUT2D eigenvalue weighted by atomic mass is 16.3. The molecule has 1 aliphatic heterocycles. The van der Waals surface area contributed by atoms with Gasteiger partial charge in [-0.15, -0.1) is 0 Å². The van der Waals surface area contributed by atoms with Crippen LogP contribution < -0.4 is 5.32 Å². The highest BCUT2D eigenvalue weighted by Crippen LogP contribution is 2.51. The summed E-state index contributed by atoms with van der Waals surface area (Å²) in [5.74, 6) is 0.746. The van der Waals surface area contributed by atoms with Gasteiger partial charge in [0.2, 0.25) is 0 Å². The molecule has 0 amide bonds. The van der Waals surface area contributed by atoms with Crippen molar-refractivity contribution in [2.75, 3.05) is 19.6 Å². The van der Waals surface area contributed by atoms with E-state index in [1.807, 2.05) is 13.8 Å². The number of rotatable bonds is 7. The van der Waals surface area contributed by atoms with Crippen molar-refractivity contribution in [1.82, 2.24) is 10.2 Å². The molecule has 0 aromatic heterocycles. The maximum absolute atomic E-state index is 10.0. The Morgan fingerprint density at radius 1 is 1.21 bits per heavy atom. The molecule has 1 heterocycles. The summed E-state index contributed by atoms with van der Waals surface area (Å²) in [4.78, 5) is 2.45. The van der Waals surface area contributed by atoms with Crippen molar-refractivity contribution >= 4 is 6.08 Å². The number of nitrogens with zero attached hydrogens (tertiary/aromatic N) is 1. The SMILES string of the molecule is CC/C(=C\c1ccccc1)[C@@H]1C[C@H]1NC1CC2(CCN(CC(C)(C)O)CC2)C1. The van der Waals surface area contributed by atoms with E-state index in [2.05, 4.69) is 53.5 Å². The summed E-state index contributed by atoms with van der Waals surface area (Å²) in [7, 11) is 0. The highest BCUT2D eigenvalue weighted by Gasteiger charge is 2.49. The molecule has 3 heteroatoms. The van der Waals surface area contributed by atoms with Crippen LogP contribution in [0.2, 0.25) is 0 Å². The average Bonchev–Trinajstić information content (AvgIpc) is 3.39. The van der Waals surface area contributed by atoms with Crippen molar-refractivity contribution in [3.8, 4) is 0 Å². The number of β-amino-alcohol motifs (C(OH)–C–C–N with tert-alkyl or cyclic N) is 1. The molecule has 1 aromatic carbocycles. The van der Waals surface area contributed by atoms with E-state index >= 15 is 0 Å². The van der Waals surface area contributed by atoms with Crippen molar-refractivity contribution in [3.63, 3.8) is 0 Å². The molecule has 3 fully saturated rings. The van der Waals surface area contributed by atoms with Crippen molar-refractivity contribution in [3.05, 3.63) is 41.5 Å². The largest absolute Gasteiger partial charge is 0.389 e. The summed E-state index contributed by atoms with van der Waals surface area (Å²) in [6.07, 6.45) is 10.2. The van der Waals surface area contributed by atoms with Crippen LogP contribution >= 0.6 is 0 Å². The van der Waals surface area contributed by atoms with Gasteiger partial charge in [0.1, 0.15) is 0 Å². The molecular formula is C25H38N2O. The average molecular weight is 383 g/mol. The first-order chi connectivity index (χ1) is 13.4. The third-order valence-electron chi connectivity index (χ3n) is 7.16. The highest BCUT2D eigenvalue weighted by molar-refractivity contribution is 5.54. The lowest BCUT2D eigenvalue weighted by Crippen LogP contribution is -2.55. The molecule has 0 bridgehead atoms. The van der Waals surface area contributed by atoms with Crippen LogP contribution in [-0.2, 0) is 0 Å². The van der Waals surface area contributed by atoms with Gasteiger partial charge in [0, 0.05) is 18.6 Å². The molecule has 3 nitrogen and oxygen atoms in total. The maximum Gasteiger partial charge on any atom is 0.0718 e. The topological polar surface area (TPSA) is 35.5 Å². The number of nitrogens with one attached hydrogen (secondary N) is 1. The molecular weight excluding hydrogens is 344 g/mol. The van der Waals surface area contributed by atoms with E-state index < -0.39 is 5.60 Å². The Morgan fingerprint density at radius 3 is 2.50 bits per heavy atom. The zero-order valence-electron chi connectivity index (χ0n) is 18.0. The lowest BCUT2D eigenvalue weighted by molar-refractivity contribution is -0.0256. The van der Waals surface area contributed by atoms with E-state index in [0.717, 1.165) is 38.0 Å². The predicted octanol–water partition coefficient (Wildman–Crippen LogP) is 4.47. The van der Waals surface area contributed by atoms with Crippen LogP contribution in [0, 0.1) is 11.3 Å². The molecule has 154 valence electrons. The minimum absolute atomic E-state index is 0.570. The minimum Gasteiger partial charge on any atom is -0.389 e. The number of aliphatic hydroxyl groups is 1. The quantitative estimate of drug-likeness (QED) is 0.730. The van der Waals surface area contributed by atoms with Crippen LogP contribution in [0.5, 0.6) is 0 Å². The minimum atomic E-state index is -0.570. The van der Waals surface area contributed by atoms with Crippen LogP contribution in [0.1, 0.15) is 64.9 Å². The van der Waals surface area contributed by atoms with Gasteiger partial charge in [0.25, 0.3) is 0 Å². The first-order valence-electron chi connectivity index (χ1n) is 11.3. The zero-order valence-corrected chi connectivity index (χ0v) is 18.0. The maximum atomic E-state index is 10.0. The second kappa shape index (κ2) is 7.93. The Morgan fingerprint density at radius 2 is 1.89 bits per heavy atom. The van der Waals surface area contributed by atoms with Gasteiger partial charge in [0.15, 0.2) is 0 Å². The fourth-order valence-electron chi connectivity index (χ4n) is 5.57. The van der Waals surface area contributed by atoms with Crippen LogP contribution in [0.3, 0.4) is 0 Å². The molecule has 0 unspecified atom stereocenters. The van der Waals surface area contributed by atoms with E-state index in [4.69, 9.17) is 0 Å². The normalized spacial score (nSPS) is 28.4. The monoisotopic (exact) mass is 382 g/mol. The summed E-state index contributed by atoms with van der Waals surface area (Å²) < 4.78 is 0. The number of hydrogen-bond acceptors (Lipinski definition) is 3. The Balaban J connectivity index is 1.22. The number of piperidine rings is 1.